The Balaban J connectivity index is 1.32. The Bertz CT molecular complexity index is 811. The molecule has 2 aromatic rings. The number of aromatic nitrogens is 1. The summed E-state index contributed by atoms with van der Waals surface area (Å²) in [6.07, 6.45) is 3.62. The molecule has 29 heavy (non-hydrogen) atoms. The second-order valence-electron chi connectivity index (χ2n) is 8.58. The minimum Gasteiger partial charge on any atom is -0.359 e. The topological polar surface area (TPSA) is 49.7 Å². The van der Waals surface area contributed by atoms with Gasteiger partial charge >= 0.3 is 0 Å². The number of rotatable bonds is 5. The van der Waals surface area contributed by atoms with Gasteiger partial charge in [0.15, 0.2) is 0 Å². The van der Waals surface area contributed by atoms with E-state index in [1.54, 1.807) is 0 Å². The van der Waals surface area contributed by atoms with E-state index >= 15 is 0 Å². The van der Waals surface area contributed by atoms with Gasteiger partial charge in [0.05, 0.1) is 5.60 Å². The van der Waals surface area contributed by atoms with Crippen LogP contribution < -0.4 is 5.32 Å². The van der Waals surface area contributed by atoms with Gasteiger partial charge in [-0.25, -0.2) is 0 Å². The molecule has 2 saturated heterocycles. The number of nitrogens with one attached hydrogen (secondary N) is 1. The molecule has 1 aromatic heterocycles. The molecule has 3 heterocycles. The smallest absolute Gasteiger partial charge is 0.250 e. The summed E-state index contributed by atoms with van der Waals surface area (Å²) in [5.74, 6) is -0.00832. The predicted octanol–water partition coefficient (Wildman–Crippen LogP) is 2.01. The van der Waals surface area contributed by atoms with Crippen molar-refractivity contribution < 1.29 is 9.53 Å². The lowest BCUT2D eigenvalue weighted by atomic mass is 9.88. The molecule has 4 rings (SSSR count). The van der Waals surface area contributed by atoms with Crippen molar-refractivity contribution in [3.8, 4) is 0 Å². The first kappa shape index (κ1) is 20.1. The maximum absolute atomic E-state index is 12.8. The van der Waals surface area contributed by atoms with Gasteiger partial charge in [0.1, 0.15) is 6.10 Å². The van der Waals surface area contributed by atoms with Gasteiger partial charge in [-0.05, 0) is 37.6 Å². The zero-order chi connectivity index (χ0) is 20.3. The molecule has 0 unspecified atom stereocenters. The minimum atomic E-state index is -0.406. The highest BCUT2D eigenvalue weighted by Gasteiger charge is 2.44. The third-order valence-corrected chi connectivity index (χ3v) is 6.23. The molecule has 0 saturated carbocycles. The van der Waals surface area contributed by atoms with Crippen LogP contribution in [0.2, 0.25) is 0 Å². The number of likely N-dealkylation sites (N-methyl/N-ethyl adjacent to an activating group) is 1. The maximum Gasteiger partial charge on any atom is 0.250 e. The Kier molecular flexibility index (Phi) is 6.04. The molecule has 2 aliphatic rings. The van der Waals surface area contributed by atoms with E-state index in [2.05, 4.69) is 52.1 Å². The molecular weight excluding hydrogens is 364 g/mol. The third-order valence-electron chi connectivity index (χ3n) is 6.23. The lowest BCUT2D eigenvalue weighted by molar-refractivity contribution is -0.182. The van der Waals surface area contributed by atoms with Gasteiger partial charge in [-0.2, -0.15) is 0 Å². The van der Waals surface area contributed by atoms with Crippen molar-refractivity contribution in [2.75, 3.05) is 33.2 Å². The van der Waals surface area contributed by atoms with Crippen molar-refractivity contribution in [2.24, 2.45) is 7.05 Å². The van der Waals surface area contributed by atoms with E-state index in [1.165, 1.54) is 5.69 Å². The maximum atomic E-state index is 12.8. The number of morpholine rings is 1. The number of carbonyl (C=O) groups is 1. The first-order valence-electron chi connectivity index (χ1n) is 10.5. The Hall–Kier alpha value is -2.15. The fraction of sp³-hybridized carbons (Fsp3) is 0.522. The highest BCUT2D eigenvalue weighted by molar-refractivity contribution is 5.81. The van der Waals surface area contributed by atoms with E-state index in [0.717, 1.165) is 44.6 Å². The van der Waals surface area contributed by atoms with Crippen LogP contribution in [0, 0.1) is 0 Å². The fourth-order valence-corrected chi connectivity index (χ4v) is 4.54. The predicted molar refractivity (Wildman–Crippen MR) is 113 cm³/mol. The first-order valence-corrected chi connectivity index (χ1v) is 10.5. The minimum absolute atomic E-state index is 0.00832. The summed E-state index contributed by atoms with van der Waals surface area (Å²) < 4.78 is 8.64. The number of hydrogen-bond acceptors (Lipinski definition) is 4. The summed E-state index contributed by atoms with van der Waals surface area (Å²) >= 11 is 0. The van der Waals surface area contributed by atoms with Crippen molar-refractivity contribution >= 4 is 5.91 Å². The van der Waals surface area contributed by atoms with Crippen molar-refractivity contribution in [3.63, 3.8) is 0 Å². The van der Waals surface area contributed by atoms with Crippen molar-refractivity contribution in [2.45, 2.75) is 37.6 Å². The molecule has 1 atom stereocenters. The van der Waals surface area contributed by atoms with E-state index in [-0.39, 0.29) is 11.5 Å². The Morgan fingerprint density at radius 2 is 1.90 bits per heavy atom. The van der Waals surface area contributed by atoms with Crippen LogP contribution in [0.3, 0.4) is 0 Å². The molecular formula is C23H32N4O2. The standard InChI is InChI=1S/C23H32N4O2/c1-25-17-21(22(28)24-15-19-7-4-3-5-8-19)29-23(18-25)10-13-27(14-11-23)16-20-9-6-12-26(20)2/h3-9,12,21H,10-11,13-18H2,1-2H3,(H,24,28)/t21-/m1/s1. The van der Waals surface area contributed by atoms with Crippen LogP contribution in [-0.2, 0) is 29.7 Å². The van der Waals surface area contributed by atoms with Gasteiger partial charge in [0.2, 0.25) is 0 Å². The molecule has 1 N–H and O–H groups in total. The summed E-state index contributed by atoms with van der Waals surface area (Å²) in [6, 6.07) is 14.3. The number of piperidine rings is 1. The lowest BCUT2D eigenvalue weighted by Gasteiger charge is -2.48. The number of ether oxygens (including phenoxy) is 1. The van der Waals surface area contributed by atoms with Gasteiger partial charge in [0, 0.05) is 58.2 Å². The number of nitrogens with zero attached hydrogens (tertiary/aromatic N) is 3. The monoisotopic (exact) mass is 396 g/mol. The van der Waals surface area contributed by atoms with E-state index in [0.29, 0.717) is 13.1 Å². The first-order chi connectivity index (χ1) is 14.0. The normalized spacial score (nSPS) is 22.6. The number of amides is 1. The summed E-state index contributed by atoms with van der Waals surface area (Å²) in [5, 5.41) is 3.05. The molecule has 6 nitrogen and oxygen atoms in total. The van der Waals surface area contributed by atoms with Crippen molar-refractivity contribution in [1.29, 1.82) is 0 Å². The average molecular weight is 397 g/mol. The van der Waals surface area contributed by atoms with Gasteiger partial charge in [-0.1, -0.05) is 30.3 Å². The third kappa shape index (κ3) is 4.89. The second-order valence-corrected chi connectivity index (χ2v) is 8.58. The molecule has 6 heteroatoms. The summed E-state index contributed by atoms with van der Waals surface area (Å²) in [4.78, 5) is 17.5. The zero-order valence-electron chi connectivity index (χ0n) is 17.5. The van der Waals surface area contributed by atoms with Crippen LogP contribution in [0.15, 0.2) is 48.7 Å². The fourth-order valence-electron chi connectivity index (χ4n) is 4.54. The zero-order valence-corrected chi connectivity index (χ0v) is 17.5. The average Bonchev–Trinajstić information content (AvgIpc) is 3.13. The number of benzene rings is 1. The van der Waals surface area contributed by atoms with Crippen LogP contribution >= 0.6 is 0 Å². The highest BCUT2D eigenvalue weighted by Crippen LogP contribution is 2.32. The van der Waals surface area contributed by atoms with Crippen molar-refractivity contribution in [1.82, 2.24) is 19.7 Å². The second kappa shape index (κ2) is 8.69. The molecule has 1 spiro atoms. The van der Waals surface area contributed by atoms with Gasteiger partial charge in [-0.3, -0.25) is 9.69 Å². The number of hydrogen-bond donors (Lipinski definition) is 1. The molecule has 0 aliphatic carbocycles. The van der Waals surface area contributed by atoms with Crippen LogP contribution in [0.5, 0.6) is 0 Å². The summed E-state index contributed by atoms with van der Waals surface area (Å²) in [7, 11) is 4.19. The number of likely N-dealkylation sites (tertiary alicyclic amines) is 1. The van der Waals surface area contributed by atoms with E-state index in [9.17, 15) is 4.79 Å². The van der Waals surface area contributed by atoms with Gasteiger partial charge in [-0.15, -0.1) is 0 Å². The van der Waals surface area contributed by atoms with Crippen LogP contribution in [0.1, 0.15) is 24.1 Å². The van der Waals surface area contributed by atoms with Crippen LogP contribution in [0.4, 0.5) is 0 Å². The quantitative estimate of drug-likeness (QED) is 0.840. The van der Waals surface area contributed by atoms with Crippen molar-refractivity contribution in [3.05, 3.63) is 59.9 Å². The summed E-state index contributed by atoms with van der Waals surface area (Å²) in [5.41, 5.74) is 2.22. The van der Waals surface area contributed by atoms with Crippen LogP contribution in [0.25, 0.3) is 0 Å². The Morgan fingerprint density at radius 1 is 1.14 bits per heavy atom. The van der Waals surface area contributed by atoms with Gasteiger partial charge < -0.3 is 19.5 Å². The molecule has 1 aromatic carbocycles. The highest BCUT2D eigenvalue weighted by atomic mass is 16.5. The van der Waals surface area contributed by atoms with E-state index in [4.69, 9.17) is 4.74 Å². The van der Waals surface area contributed by atoms with Gasteiger partial charge in [0.25, 0.3) is 5.91 Å². The largest absolute Gasteiger partial charge is 0.359 e. The molecule has 1 amide bonds. The Morgan fingerprint density at radius 3 is 2.59 bits per heavy atom. The molecule has 156 valence electrons. The lowest BCUT2D eigenvalue weighted by Crippen LogP contribution is -2.61. The molecule has 2 aliphatic heterocycles. The summed E-state index contributed by atoms with van der Waals surface area (Å²) in [6.45, 7) is 5.05. The van der Waals surface area contributed by atoms with E-state index < -0.39 is 6.10 Å². The molecule has 0 bridgehead atoms. The number of aryl methyl sites for hydroxylation is 1. The SMILES string of the molecule is CN1C[C@H](C(=O)NCc2ccccc2)OC2(CCN(Cc3cccn3C)CC2)C1. The van der Waals surface area contributed by atoms with Crippen LogP contribution in [-0.4, -0.2) is 65.2 Å². The molecule has 2 fully saturated rings. The number of carbonyl (C=O) groups excluding carboxylic acids is 1. The molecule has 0 radical (unpaired) electrons. The Labute approximate surface area is 173 Å². The van der Waals surface area contributed by atoms with E-state index in [1.807, 2.05) is 30.3 Å².